The zero-order valence-electron chi connectivity index (χ0n) is 18.4. The minimum Gasteiger partial charge on any atom is -0.354 e. The Hall–Kier alpha value is -2.93. The molecule has 13 heteroatoms. The Morgan fingerprint density at radius 3 is 2.42 bits per heavy atom. The van der Waals surface area contributed by atoms with Gasteiger partial charge in [0.15, 0.2) is 11.4 Å². The molecule has 1 N–H and O–H groups in total. The van der Waals surface area contributed by atoms with E-state index in [2.05, 4.69) is 9.88 Å². The molecular weight excluding hydrogens is 510 g/mol. The number of carbonyl (C=O) groups excluding carboxylic acids is 1. The van der Waals surface area contributed by atoms with Gasteiger partial charge in [0.1, 0.15) is 35.4 Å². The summed E-state index contributed by atoms with van der Waals surface area (Å²) in [4.78, 5) is 15.5. The highest BCUT2D eigenvalue weighted by molar-refractivity contribution is 7.98. The van der Waals surface area contributed by atoms with Crippen LogP contribution in [-0.4, -0.2) is 52.4 Å². The minimum absolute atomic E-state index is 0.0995. The smallest absolute Gasteiger partial charge is 0.326 e. The number of hydrogen-bond donors (Lipinski definition) is 1. The van der Waals surface area contributed by atoms with E-state index in [9.17, 15) is 22.4 Å². The molecule has 3 fully saturated rings. The van der Waals surface area contributed by atoms with Gasteiger partial charge in [-0.25, -0.2) is 31.1 Å². The highest BCUT2D eigenvalue weighted by Gasteiger charge is 2.60. The van der Waals surface area contributed by atoms with Crippen molar-refractivity contribution < 1.29 is 35.7 Å². The predicted molar refractivity (Wildman–Crippen MR) is 120 cm³/mol. The number of halogens is 6. The average molecular weight is 528 g/mol. The Morgan fingerprint density at radius 1 is 1.03 bits per heavy atom. The third kappa shape index (κ3) is 3.71. The SMILES string of the molecule is O=C1N(c2noc3cc(F)cc(-c4c(F)cc(F)cc4F)c23)CC[C@H]2N1C[C@@H](NSC1CC1)C2(F)F. The molecule has 2 atom stereocenters. The number of nitrogens with one attached hydrogen (secondary N) is 1. The second kappa shape index (κ2) is 8.30. The standard InChI is InChI=1S/C23H18F6N4O2S/c24-10-5-13(19-14(26)6-11(25)7-15(19)27)20-16(8-10)35-30-21(20)32-4-3-18-23(28,29)17(9-33(18)22(32)34)31-36-12-1-2-12/h5-8,12,17-18,31H,1-4,9H2/t17-,18-/m1/s1. The first-order valence-electron chi connectivity index (χ1n) is 11.3. The molecule has 3 heterocycles. The van der Waals surface area contributed by atoms with Crippen molar-refractivity contribution in [2.45, 2.75) is 42.5 Å². The van der Waals surface area contributed by atoms with Crippen LogP contribution in [0, 0.1) is 23.3 Å². The number of urea groups is 1. The van der Waals surface area contributed by atoms with Crippen LogP contribution >= 0.6 is 11.9 Å². The van der Waals surface area contributed by atoms with E-state index in [1.807, 2.05) is 0 Å². The van der Waals surface area contributed by atoms with Crippen LogP contribution in [0.1, 0.15) is 19.3 Å². The average Bonchev–Trinajstić information content (AvgIpc) is 3.47. The predicted octanol–water partition coefficient (Wildman–Crippen LogP) is 5.47. The van der Waals surface area contributed by atoms with E-state index in [4.69, 9.17) is 4.52 Å². The number of alkyl halides is 2. The van der Waals surface area contributed by atoms with Crippen LogP contribution in [0.3, 0.4) is 0 Å². The summed E-state index contributed by atoms with van der Waals surface area (Å²) < 4.78 is 95.2. The number of aromatic nitrogens is 1. The van der Waals surface area contributed by atoms with E-state index in [1.165, 1.54) is 11.9 Å². The summed E-state index contributed by atoms with van der Waals surface area (Å²) in [5, 5.41) is 4.01. The maximum absolute atomic E-state index is 15.1. The Morgan fingerprint density at radius 2 is 1.72 bits per heavy atom. The summed E-state index contributed by atoms with van der Waals surface area (Å²) in [5.41, 5.74) is -1.30. The number of fused-ring (bicyclic) bond motifs is 2. The molecule has 0 bridgehead atoms. The number of nitrogens with zero attached hydrogens (tertiary/aromatic N) is 3. The molecular formula is C23H18F6N4O2S. The molecule has 6 rings (SSSR count). The summed E-state index contributed by atoms with van der Waals surface area (Å²) in [6.07, 6.45) is 1.80. The lowest BCUT2D eigenvalue weighted by molar-refractivity contribution is -0.0443. The third-order valence-electron chi connectivity index (χ3n) is 6.72. The quantitative estimate of drug-likeness (QED) is 0.352. The molecule has 3 aliphatic rings. The highest BCUT2D eigenvalue weighted by atomic mass is 32.2. The lowest BCUT2D eigenvalue weighted by Crippen LogP contribution is -2.55. The monoisotopic (exact) mass is 528 g/mol. The molecule has 36 heavy (non-hydrogen) atoms. The number of anilines is 1. The van der Waals surface area contributed by atoms with Crippen molar-refractivity contribution in [1.82, 2.24) is 14.8 Å². The molecule has 2 aromatic carbocycles. The maximum atomic E-state index is 15.1. The van der Waals surface area contributed by atoms with Crippen LogP contribution in [0.25, 0.3) is 22.1 Å². The normalized spacial score (nSPS) is 23.6. The number of rotatable bonds is 5. The summed E-state index contributed by atoms with van der Waals surface area (Å²) in [5.74, 6) is -8.02. The number of amides is 2. The first kappa shape index (κ1) is 23.5. The molecule has 0 spiro atoms. The van der Waals surface area contributed by atoms with E-state index in [0.717, 1.165) is 34.8 Å². The minimum atomic E-state index is -3.16. The Labute approximate surface area is 204 Å². The summed E-state index contributed by atoms with van der Waals surface area (Å²) >= 11 is 1.25. The van der Waals surface area contributed by atoms with Gasteiger partial charge in [0, 0.05) is 42.1 Å². The maximum Gasteiger partial charge on any atom is 0.326 e. The summed E-state index contributed by atoms with van der Waals surface area (Å²) in [6.45, 7) is -0.421. The van der Waals surface area contributed by atoms with Gasteiger partial charge in [-0.15, -0.1) is 0 Å². The first-order valence-corrected chi connectivity index (χ1v) is 12.1. The Kier molecular flexibility index (Phi) is 5.41. The zero-order valence-corrected chi connectivity index (χ0v) is 19.2. The summed E-state index contributed by atoms with van der Waals surface area (Å²) in [6, 6.07) is -0.726. The molecule has 1 aromatic heterocycles. The number of carbonyl (C=O) groups is 1. The van der Waals surface area contributed by atoms with Crippen molar-refractivity contribution in [3.63, 3.8) is 0 Å². The Balaban J connectivity index is 1.39. The fraction of sp³-hybridized carbons (Fsp3) is 0.391. The van der Waals surface area contributed by atoms with Gasteiger partial charge in [-0.1, -0.05) is 17.1 Å². The van der Waals surface area contributed by atoms with Crippen molar-refractivity contribution in [3.05, 3.63) is 47.5 Å². The van der Waals surface area contributed by atoms with E-state index < -0.39 is 52.9 Å². The molecule has 6 nitrogen and oxygen atoms in total. The molecule has 3 aromatic rings. The molecule has 2 saturated heterocycles. The van der Waals surface area contributed by atoms with Gasteiger partial charge in [0.05, 0.1) is 10.9 Å². The van der Waals surface area contributed by atoms with Gasteiger partial charge in [-0.2, -0.15) is 0 Å². The van der Waals surface area contributed by atoms with Crippen molar-refractivity contribution in [2.75, 3.05) is 18.0 Å². The van der Waals surface area contributed by atoms with Gasteiger partial charge >= 0.3 is 6.03 Å². The van der Waals surface area contributed by atoms with Crippen molar-refractivity contribution in [3.8, 4) is 11.1 Å². The fourth-order valence-corrected chi connectivity index (χ4v) is 5.79. The molecule has 1 aliphatic carbocycles. The molecule has 2 amide bonds. The molecule has 2 aliphatic heterocycles. The lowest BCUT2D eigenvalue weighted by atomic mass is 9.99. The lowest BCUT2D eigenvalue weighted by Gasteiger charge is -2.37. The van der Waals surface area contributed by atoms with Crippen molar-refractivity contribution >= 4 is 34.8 Å². The zero-order chi connectivity index (χ0) is 25.4. The van der Waals surface area contributed by atoms with Crippen molar-refractivity contribution in [1.29, 1.82) is 0 Å². The summed E-state index contributed by atoms with van der Waals surface area (Å²) in [7, 11) is 0. The third-order valence-corrected chi connectivity index (χ3v) is 7.95. The first-order chi connectivity index (χ1) is 17.1. The largest absolute Gasteiger partial charge is 0.354 e. The second-order valence-corrected chi connectivity index (χ2v) is 10.3. The van der Waals surface area contributed by atoms with Gasteiger partial charge < -0.3 is 9.42 Å². The topological polar surface area (TPSA) is 61.6 Å². The van der Waals surface area contributed by atoms with E-state index >= 15 is 8.78 Å². The van der Waals surface area contributed by atoms with Gasteiger partial charge in [0.25, 0.3) is 5.92 Å². The van der Waals surface area contributed by atoms with E-state index in [1.54, 1.807) is 0 Å². The van der Waals surface area contributed by atoms with Crippen LogP contribution in [-0.2, 0) is 0 Å². The van der Waals surface area contributed by atoms with Crippen LogP contribution in [0.15, 0.2) is 28.8 Å². The van der Waals surface area contributed by atoms with Gasteiger partial charge in [0.2, 0.25) is 0 Å². The highest BCUT2D eigenvalue weighted by Crippen LogP contribution is 2.44. The van der Waals surface area contributed by atoms with Crippen LogP contribution in [0.4, 0.5) is 37.0 Å². The Bertz CT molecular complexity index is 1360. The van der Waals surface area contributed by atoms with Crippen molar-refractivity contribution in [2.24, 2.45) is 0 Å². The van der Waals surface area contributed by atoms with Crippen LogP contribution in [0.2, 0.25) is 0 Å². The number of hydrogen-bond acceptors (Lipinski definition) is 5. The van der Waals surface area contributed by atoms with Crippen LogP contribution in [0.5, 0.6) is 0 Å². The molecule has 0 radical (unpaired) electrons. The molecule has 190 valence electrons. The van der Waals surface area contributed by atoms with E-state index in [-0.39, 0.29) is 47.1 Å². The molecule has 1 saturated carbocycles. The molecule has 0 unspecified atom stereocenters. The van der Waals surface area contributed by atoms with Gasteiger partial charge in [-0.3, -0.25) is 9.62 Å². The van der Waals surface area contributed by atoms with Crippen LogP contribution < -0.4 is 9.62 Å². The number of benzene rings is 2. The van der Waals surface area contributed by atoms with Gasteiger partial charge in [-0.05, 0) is 25.3 Å². The van der Waals surface area contributed by atoms with E-state index in [0.29, 0.717) is 12.1 Å². The second-order valence-electron chi connectivity index (χ2n) is 9.13. The fourth-order valence-electron chi connectivity index (χ4n) is 4.83.